The Kier molecular flexibility index (Phi) is 4.86. The summed E-state index contributed by atoms with van der Waals surface area (Å²) in [4.78, 5) is 14.6. The number of hydrogen-bond donors (Lipinski definition) is 1. The van der Waals surface area contributed by atoms with Gasteiger partial charge in [-0.05, 0) is 54.7 Å². The Morgan fingerprint density at radius 1 is 1.30 bits per heavy atom. The fourth-order valence-corrected chi connectivity index (χ4v) is 4.83. The third kappa shape index (κ3) is 3.31. The maximum atomic E-state index is 15.3. The number of H-pyrrole nitrogens is 1. The molecule has 0 saturated carbocycles. The van der Waals surface area contributed by atoms with Crippen LogP contribution in [0.15, 0.2) is 60.3 Å². The number of nitrogens with one attached hydrogen (secondary N) is 1. The Balaban J connectivity index is 1.46. The second-order valence-corrected chi connectivity index (χ2v) is 8.80. The van der Waals surface area contributed by atoms with E-state index in [0.717, 1.165) is 41.0 Å². The van der Waals surface area contributed by atoms with Gasteiger partial charge in [0.1, 0.15) is 11.7 Å². The quantitative estimate of drug-likeness (QED) is 0.544. The van der Waals surface area contributed by atoms with Gasteiger partial charge in [-0.2, -0.15) is 0 Å². The molecule has 1 unspecified atom stereocenters. The summed E-state index contributed by atoms with van der Waals surface area (Å²) in [5.74, 6) is 1.20. The smallest absolute Gasteiger partial charge is 0.130 e. The molecule has 2 aliphatic rings. The van der Waals surface area contributed by atoms with E-state index in [9.17, 15) is 0 Å². The van der Waals surface area contributed by atoms with Gasteiger partial charge in [0.2, 0.25) is 0 Å². The third-order valence-electron chi connectivity index (χ3n) is 6.35. The summed E-state index contributed by atoms with van der Waals surface area (Å²) in [7, 11) is 0. The van der Waals surface area contributed by atoms with Crippen LogP contribution in [-0.2, 0) is 0 Å². The topological polar surface area (TPSA) is 44.8 Å². The van der Waals surface area contributed by atoms with Gasteiger partial charge in [0.05, 0.1) is 22.8 Å². The van der Waals surface area contributed by atoms with E-state index in [1.165, 1.54) is 0 Å². The molecule has 3 heterocycles. The van der Waals surface area contributed by atoms with Crippen molar-refractivity contribution in [2.45, 2.75) is 38.6 Å². The lowest BCUT2D eigenvalue weighted by Crippen LogP contribution is -2.26. The van der Waals surface area contributed by atoms with Gasteiger partial charge in [-0.1, -0.05) is 30.7 Å². The molecule has 1 aliphatic carbocycles. The van der Waals surface area contributed by atoms with E-state index in [2.05, 4.69) is 27.9 Å². The first-order chi connectivity index (χ1) is 14.5. The SMILES string of the molecule is Cc1cc2[nH]c([C@@H]3[C@@H](C)CCN3C3=C(F)CC(c4cccnc4)C=C3)nc2cc1Cl. The van der Waals surface area contributed by atoms with Crippen molar-refractivity contribution >= 4 is 22.6 Å². The molecule has 2 aromatic heterocycles. The van der Waals surface area contributed by atoms with Crippen molar-refractivity contribution in [3.63, 3.8) is 0 Å². The number of hydrogen-bond acceptors (Lipinski definition) is 3. The van der Waals surface area contributed by atoms with E-state index >= 15 is 4.39 Å². The van der Waals surface area contributed by atoms with Crippen LogP contribution < -0.4 is 0 Å². The number of imidazole rings is 1. The first kappa shape index (κ1) is 19.3. The maximum absolute atomic E-state index is 15.3. The molecule has 1 N–H and O–H groups in total. The number of aromatic amines is 1. The van der Waals surface area contributed by atoms with Crippen molar-refractivity contribution < 1.29 is 4.39 Å². The van der Waals surface area contributed by atoms with E-state index in [1.54, 1.807) is 6.20 Å². The molecule has 0 bridgehead atoms. The standard InChI is InChI=1S/C24H24ClFN4/c1-14-7-9-30(22-6-5-16(11-19(22)26)17-4-3-8-27-13-17)23(14)24-28-20-10-15(2)18(25)12-21(20)29-24/h3-6,8,10,12-14,16,23H,7,9,11H2,1-2H3,(H,28,29)/t14-,16?,23-/m0/s1. The molecule has 3 atom stereocenters. The highest BCUT2D eigenvalue weighted by molar-refractivity contribution is 6.32. The predicted octanol–water partition coefficient (Wildman–Crippen LogP) is 6.23. The fourth-order valence-electron chi connectivity index (χ4n) is 4.67. The number of pyridine rings is 1. The molecule has 0 amide bonds. The van der Waals surface area contributed by atoms with Crippen LogP contribution in [0.3, 0.4) is 0 Å². The number of rotatable bonds is 3. The van der Waals surface area contributed by atoms with E-state index in [4.69, 9.17) is 16.6 Å². The zero-order chi connectivity index (χ0) is 20.8. The van der Waals surface area contributed by atoms with Crippen molar-refractivity contribution in [1.29, 1.82) is 0 Å². The maximum Gasteiger partial charge on any atom is 0.130 e. The first-order valence-corrected chi connectivity index (χ1v) is 10.8. The van der Waals surface area contributed by atoms with Crippen molar-refractivity contribution in [2.75, 3.05) is 6.54 Å². The summed E-state index contributed by atoms with van der Waals surface area (Å²) in [5, 5.41) is 0.710. The van der Waals surface area contributed by atoms with Crippen molar-refractivity contribution in [3.8, 4) is 0 Å². The molecule has 6 heteroatoms. The first-order valence-electron chi connectivity index (χ1n) is 10.4. The minimum atomic E-state index is -0.0690. The van der Waals surface area contributed by atoms with Gasteiger partial charge in [0.15, 0.2) is 0 Å². The molecule has 1 aliphatic heterocycles. The Bertz CT molecular complexity index is 1110. The molecule has 1 fully saturated rings. The van der Waals surface area contributed by atoms with Gasteiger partial charge in [-0.15, -0.1) is 0 Å². The van der Waals surface area contributed by atoms with Crippen LogP contribution in [0.25, 0.3) is 11.0 Å². The van der Waals surface area contributed by atoms with Gasteiger partial charge in [-0.3, -0.25) is 4.98 Å². The van der Waals surface area contributed by atoms with Crippen LogP contribution in [0, 0.1) is 12.8 Å². The Morgan fingerprint density at radius 2 is 2.17 bits per heavy atom. The summed E-state index contributed by atoms with van der Waals surface area (Å²) in [6.07, 6.45) is 8.95. The summed E-state index contributed by atoms with van der Waals surface area (Å²) < 4.78 is 15.3. The molecule has 30 heavy (non-hydrogen) atoms. The summed E-state index contributed by atoms with van der Waals surface area (Å²) >= 11 is 6.28. The van der Waals surface area contributed by atoms with Gasteiger partial charge in [-0.25, -0.2) is 9.37 Å². The normalized spacial score (nSPS) is 24.3. The van der Waals surface area contributed by atoms with Gasteiger partial charge >= 0.3 is 0 Å². The number of benzene rings is 1. The Labute approximate surface area is 180 Å². The fraction of sp³-hybridized carbons (Fsp3) is 0.333. The second kappa shape index (κ2) is 7.55. The molecule has 154 valence electrons. The van der Waals surface area contributed by atoms with Crippen molar-refractivity contribution in [2.24, 2.45) is 5.92 Å². The highest BCUT2D eigenvalue weighted by Gasteiger charge is 2.37. The number of likely N-dealkylation sites (tertiary alicyclic amines) is 1. The zero-order valence-corrected chi connectivity index (χ0v) is 17.8. The molecule has 4 nitrogen and oxygen atoms in total. The highest BCUT2D eigenvalue weighted by atomic mass is 35.5. The van der Waals surface area contributed by atoms with Crippen LogP contribution in [0.2, 0.25) is 5.02 Å². The zero-order valence-electron chi connectivity index (χ0n) is 17.1. The van der Waals surface area contributed by atoms with Crippen LogP contribution in [0.4, 0.5) is 4.39 Å². The average Bonchev–Trinajstić information content (AvgIpc) is 3.31. The number of fused-ring (bicyclic) bond motifs is 1. The molecule has 0 radical (unpaired) electrons. The average molecular weight is 423 g/mol. The molecular formula is C24H24ClFN4. The lowest BCUT2D eigenvalue weighted by Gasteiger charge is -2.31. The molecule has 3 aromatic rings. The molecule has 0 spiro atoms. The minimum Gasteiger partial charge on any atom is -0.359 e. The summed E-state index contributed by atoms with van der Waals surface area (Å²) in [6, 6.07) is 7.83. The minimum absolute atomic E-state index is 0.0109. The third-order valence-corrected chi connectivity index (χ3v) is 6.75. The van der Waals surface area contributed by atoms with E-state index < -0.39 is 0 Å². The molecule has 5 rings (SSSR count). The number of halogens is 2. The number of aromatic nitrogens is 3. The Hall–Kier alpha value is -2.66. The van der Waals surface area contributed by atoms with E-state index in [0.29, 0.717) is 23.1 Å². The largest absolute Gasteiger partial charge is 0.359 e. The Morgan fingerprint density at radius 3 is 2.93 bits per heavy atom. The van der Waals surface area contributed by atoms with Gasteiger partial charge < -0.3 is 9.88 Å². The monoisotopic (exact) mass is 422 g/mol. The van der Waals surface area contributed by atoms with E-state index in [-0.39, 0.29) is 17.8 Å². The van der Waals surface area contributed by atoms with Gasteiger partial charge in [0.25, 0.3) is 0 Å². The van der Waals surface area contributed by atoms with Crippen molar-refractivity contribution in [3.05, 3.63) is 82.3 Å². The molecule has 1 aromatic carbocycles. The van der Waals surface area contributed by atoms with Crippen LogP contribution in [0.1, 0.15) is 48.7 Å². The molecule has 1 saturated heterocycles. The summed E-state index contributed by atoms with van der Waals surface area (Å²) in [6.45, 7) is 5.01. The number of allylic oxidation sites excluding steroid dienone is 3. The van der Waals surface area contributed by atoms with Gasteiger partial charge in [0, 0.05) is 36.3 Å². The predicted molar refractivity (Wildman–Crippen MR) is 118 cm³/mol. The number of aryl methyl sites for hydroxylation is 1. The number of nitrogens with zero attached hydrogens (tertiary/aromatic N) is 3. The van der Waals surface area contributed by atoms with Crippen LogP contribution in [0.5, 0.6) is 0 Å². The van der Waals surface area contributed by atoms with E-state index in [1.807, 2.05) is 43.5 Å². The lowest BCUT2D eigenvalue weighted by molar-refractivity contribution is 0.278. The highest BCUT2D eigenvalue weighted by Crippen LogP contribution is 2.43. The molecular weight excluding hydrogens is 399 g/mol. The van der Waals surface area contributed by atoms with Crippen molar-refractivity contribution in [1.82, 2.24) is 19.9 Å². The lowest BCUT2D eigenvalue weighted by atomic mass is 9.91. The van der Waals surface area contributed by atoms with Crippen LogP contribution >= 0.6 is 11.6 Å². The van der Waals surface area contributed by atoms with Crippen LogP contribution in [-0.4, -0.2) is 26.4 Å². The second-order valence-electron chi connectivity index (χ2n) is 8.39. The summed E-state index contributed by atoms with van der Waals surface area (Å²) in [5.41, 5.74) is 4.56.